The number of benzene rings is 1. The van der Waals surface area contributed by atoms with Crippen LogP contribution >= 0.6 is 0 Å². The lowest BCUT2D eigenvalue weighted by molar-refractivity contribution is 0.626. The molecular formula is C15H15FN4. The van der Waals surface area contributed by atoms with E-state index in [1.807, 2.05) is 13.8 Å². The minimum absolute atomic E-state index is 0.231. The molecule has 4 nitrogen and oxygen atoms in total. The number of aromatic nitrogens is 3. The first-order chi connectivity index (χ1) is 9.58. The average molecular weight is 270 g/mol. The van der Waals surface area contributed by atoms with Crippen LogP contribution in [0.25, 0.3) is 11.0 Å². The van der Waals surface area contributed by atoms with Gasteiger partial charge in [0.25, 0.3) is 0 Å². The molecule has 2 heterocycles. The summed E-state index contributed by atoms with van der Waals surface area (Å²) in [5.41, 5.74) is 9.95. The van der Waals surface area contributed by atoms with E-state index in [0.29, 0.717) is 12.4 Å². The van der Waals surface area contributed by atoms with Gasteiger partial charge in [0.05, 0.1) is 5.39 Å². The summed E-state index contributed by atoms with van der Waals surface area (Å²) < 4.78 is 15.1. The molecule has 2 N–H and O–H groups in total. The molecular weight excluding hydrogens is 255 g/mol. The molecule has 3 rings (SSSR count). The van der Waals surface area contributed by atoms with Gasteiger partial charge in [-0.05, 0) is 37.1 Å². The third kappa shape index (κ3) is 1.91. The van der Waals surface area contributed by atoms with Gasteiger partial charge in [-0.3, -0.25) is 0 Å². The number of nitrogen functional groups attached to an aromatic ring is 1. The number of anilines is 1. The van der Waals surface area contributed by atoms with Gasteiger partial charge >= 0.3 is 0 Å². The van der Waals surface area contributed by atoms with E-state index >= 15 is 0 Å². The Balaban J connectivity index is 2.14. The average Bonchev–Trinajstić information content (AvgIpc) is 2.67. The van der Waals surface area contributed by atoms with Crippen LogP contribution in [-0.4, -0.2) is 14.5 Å². The van der Waals surface area contributed by atoms with E-state index in [0.717, 1.165) is 27.9 Å². The van der Waals surface area contributed by atoms with Crippen molar-refractivity contribution in [3.05, 3.63) is 53.2 Å². The van der Waals surface area contributed by atoms with Crippen molar-refractivity contribution in [2.24, 2.45) is 0 Å². The van der Waals surface area contributed by atoms with E-state index < -0.39 is 0 Å². The molecule has 0 atom stereocenters. The smallest absolute Gasteiger partial charge is 0.146 e. The fourth-order valence-corrected chi connectivity index (χ4v) is 2.46. The van der Waals surface area contributed by atoms with E-state index in [4.69, 9.17) is 5.73 Å². The van der Waals surface area contributed by atoms with Crippen LogP contribution in [0.4, 0.5) is 10.2 Å². The van der Waals surface area contributed by atoms with E-state index in [1.54, 1.807) is 12.1 Å². The molecule has 0 radical (unpaired) electrons. The molecule has 0 aliphatic carbocycles. The van der Waals surface area contributed by atoms with Crippen LogP contribution in [0.3, 0.4) is 0 Å². The van der Waals surface area contributed by atoms with Gasteiger partial charge in [0.15, 0.2) is 0 Å². The molecule has 0 aliphatic rings. The lowest BCUT2D eigenvalue weighted by atomic mass is 10.2. The second-order valence-electron chi connectivity index (χ2n) is 4.88. The Labute approximate surface area is 116 Å². The summed E-state index contributed by atoms with van der Waals surface area (Å²) in [6.45, 7) is 4.67. The molecule has 0 unspecified atom stereocenters. The number of hydrogen-bond donors (Lipinski definition) is 1. The predicted molar refractivity (Wildman–Crippen MR) is 76.9 cm³/mol. The number of hydrogen-bond acceptors (Lipinski definition) is 3. The van der Waals surface area contributed by atoms with Crippen LogP contribution in [-0.2, 0) is 6.54 Å². The second kappa shape index (κ2) is 4.59. The largest absolute Gasteiger partial charge is 0.383 e. The third-order valence-corrected chi connectivity index (χ3v) is 3.69. The van der Waals surface area contributed by atoms with E-state index in [2.05, 4.69) is 14.5 Å². The molecule has 0 amide bonds. The molecule has 0 saturated heterocycles. The highest BCUT2D eigenvalue weighted by Crippen LogP contribution is 2.27. The van der Waals surface area contributed by atoms with Crippen molar-refractivity contribution in [1.29, 1.82) is 0 Å². The number of rotatable bonds is 2. The summed E-state index contributed by atoms with van der Waals surface area (Å²) in [5, 5.41) is 0.895. The van der Waals surface area contributed by atoms with Gasteiger partial charge in [0.2, 0.25) is 0 Å². The lowest BCUT2D eigenvalue weighted by Crippen LogP contribution is -2.03. The minimum Gasteiger partial charge on any atom is -0.383 e. The van der Waals surface area contributed by atoms with Crippen molar-refractivity contribution < 1.29 is 4.39 Å². The maximum absolute atomic E-state index is 13.0. The lowest BCUT2D eigenvalue weighted by Gasteiger charge is -2.08. The molecule has 0 aliphatic heterocycles. The zero-order valence-electron chi connectivity index (χ0n) is 11.4. The predicted octanol–water partition coefficient (Wildman–Crippen LogP) is 2.82. The summed E-state index contributed by atoms with van der Waals surface area (Å²) in [5.74, 6) is 0.263. The van der Waals surface area contributed by atoms with Crippen LogP contribution < -0.4 is 5.73 Å². The SMILES string of the molecule is Cc1c(C)n(Cc2ccc(F)cc2)c2ncnc(N)c12. The van der Waals surface area contributed by atoms with Gasteiger partial charge in [0, 0.05) is 12.2 Å². The van der Waals surface area contributed by atoms with Gasteiger partial charge in [0.1, 0.15) is 23.6 Å². The normalized spacial score (nSPS) is 11.2. The number of fused-ring (bicyclic) bond motifs is 1. The first-order valence-corrected chi connectivity index (χ1v) is 6.38. The fourth-order valence-electron chi connectivity index (χ4n) is 2.46. The summed E-state index contributed by atoms with van der Waals surface area (Å²) >= 11 is 0. The summed E-state index contributed by atoms with van der Waals surface area (Å²) in [7, 11) is 0. The van der Waals surface area contributed by atoms with E-state index in [1.165, 1.54) is 18.5 Å². The molecule has 0 saturated carbocycles. The number of halogens is 1. The number of nitrogens with zero attached hydrogens (tertiary/aromatic N) is 3. The third-order valence-electron chi connectivity index (χ3n) is 3.69. The van der Waals surface area contributed by atoms with Gasteiger partial charge in [-0.25, -0.2) is 14.4 Å². The highest BCUT2D eigenvalue weighted by atomic mass is 19.1. The van der Waals surface area contributed by atoms with Crippen molar-refractivity contribution in [3.63, 3.8) is 0 Å². The summed E-state index contributed by atoms with van der Waals surface area (Å²) in [4.78, 5) is 8.38. The maximum Gasteiger partial charge on any atom is 0.146 e. The van der Waals surface area contributed by atoms with Crippen molar-refractivity contribution in [3.8, 4) is 0 Å². The van der Waals surface area contributed by atoms with Gasteiger partial charge < -0.3 is 10.3 Å². The molecule has 2 aromatic heterocycles. The summed E-state index contributed by atoms with van der Waals surface area (Å²) in [6, 6.07) is 6.49. The quantitative estimate of drug-likeness (QED) is 0.779. The molecule has 0 spiro atoms. The Kier molecular flexibility index (Phi) is 2.89. The van der Waals surface area contributed by atoms with E-state index in [-0.39, 0.29) is 5.82 Å². The Hall–Kier alpha value is -2.43. The fraction of sp³-hybridized carbons (Fsp3) is 0.200. The Morgan fingerprint density at radius 3 is 2.55 bits per heavy atom. The van der Waals surface area contributed by atoms with Crippen LogP contribution in [0, 0.1) is 19.7 Å². The molecule has 0 fully saturated rings. The standard InChI is InChI=1S/C15H15FN4/c1-9-10(2)20(7-11-3-5-12(16)6-4-11)15-13(9)14(17)18-8-19-15/h3-6,8H,7H2,1-2H3,(H2,17,18,19). The number of nitrogens with two attached hydrogens (primary N) is 1. The molecule has 5 heteroatoms. The van der Waals surface area contributed by atoms with Crippen LogP contribution in [0.5, 0.6) is 0 Å². The second-order valence-corrected chi connectivity index (χ2v) is 4.88. The van der Waals surface area contributed by atoms with Crippen molar-refractivity contribution in [1.82, 2.24) is 14.5 Å². The molecule has 0 bridgehead atoms. The van der Waals surface area contributed by atoms with Crippen molar-refractivity contribution in [2.75, 3.05) is 5.73 Å². The zero-order chi connectivity index (χ0) is 14.3. The number of aryl methyl sites for hydroxylation is 1. The monoisotopic (exact) mass is 270 g/mol. The molecule has 102 valence electrons. The van der Waals surface area contributed by atoms with Crippen LogP contribution in [0.1, 0.15) is 16.8 Å². The zero-order valence-corrected chi connectivity index (χ0v) is 11.4. The molecule has 20 heavy (non-hydrogen) atoms. The molecule has 3 aromatic rings. The summed E-state index contributed by atoms with van der Waals surface area (Å²) in [6.07, 6.45) is 1.47. The topological polar surface area (TPSA) is 56.7 Å². The molecule has 1 aromatic carbocycles. The Bertz CT molecular complexity index is 775. The van der Waals surface area contributed by atoms with Gasteiger partial charge in [-0.15, -0.1) is 0 Å². The maximum atomic E-state index is 13.0. The Morgan fingerprint density at radius 1 is 1.15 bits per heavy atom. The van der Waals surface area contributed by atoms with Crippen molar-refractivity contribution >= 4 is 16.9 Å². The van der Waals surface area contributed by atoms with Crippen LogP contribution in [0.2, 0.25) is 0 Å². The van der Waals surface area contributed by atoms with Crippen LogP contribution in [0.15, 0.2) is 30.6 Å². The van der Waals surface area contributed by atoms with E-state index in [9.17, 15) is 4.39 Å². The van der Waals surface area contributed by atoms with Gasteiger partial charge in [-0.2, -0.15) is 0 Å². The van der Waals surface area contributed by atoms with Gasteiger partial charge in [-0.1, -0.05) is 12.1 Å². The Morgan fingerprint density at radius 2 is 1.85 bits per heavy atom. The first kappa shape index (κ1) is 12.6. The minimum atomic E-state index is -0.231. The van der Waals surface area contributed by atoms with Crippen molar-refractivity contribution in [2.45, 2.75) is 20.4 Å². The first-order valence-electron chi connectivity index (χ1n) is 6.38. The highest BCUT2D eigenvalue weighted by Gasteiger charge is 2.15. The highest BCUT2D eigenvalue weighted by molar-refractivity contribution is 5.90.